The molecule has 9 heavy (non-hydrogen) atoms. The molecule has 0 atom stereocenters. The van der Waals surface area contributed by atoms with E-state index in [9.17, 15) is 0 Å². The van der Waals surface area contributed by atoms with Crippen molar-refractivity contribution in [1.82, 2.24) is 4.31 Å². The Morgan fingerprint density at radius 2 is 2.11 bits per heavy atom. The second-order valence-electron chi connectivity index (χ2n) is 2.11. The molecule has 2 nitrogen and oxygen atoms in total. The maximum Gasteiger partial charge on any atom is 0.0692 e. The van der Waals surface area contributed by atoms with Crippen molar-refractivity contribution in [2.75, 3.05) is 14.1 Å². The largest absolute Gasteiger partial charge is 0.288 e. The van der Waals surface area contributed by atoms with Gasteiger partial charge < -0.3 is 0 Å². The molecule has 0 spiro atoms. The first kappa shape index (κ1) is 8.98. The first-order chi connectivity index (χ1) is 4.18. The number of hydrogen-bond acceptors (Lipinski definition) is 3. The summed E-state index contributed by atoms with van der Waals surface area (Å²) in [6.07, 6.45) is 0. The highest BCUT2D eigenvalue weighted by Gasteiger charge is 1.99. The van der Waals surface area contributed by atoms with Crippen molar-refractivity contribution in [3.63, 3.8) is 0 Å². The number of hydrogen-bond donors (Lipinski definition) is 0. The minimum Gasteiger partial charge on any atom is -0.288 e. The predicted molar refractivity (Wildman–Crippen MR) is 44.9 cm³/mol. The summed E-state index contributed by atoms with van der Waals surface area (Å²) in [6.45, 7) is 4.30. The van der Waals surface area contributed by atoms with Gasteiger partial charge >= 0.3 is 0 Å². The van der Waals surface area contributed by atoms with Gasteiger partial charge in [0.25, 0.3) is 0 Å². The minimum atomic E-state index is 0.577. The van der Waals surface area contributed by atoms with Crippen LogP contribution in [0, 0.1) is 0 Å². The van der Waals surface area contributed by atoms with Gasteiger partial charge in [-0.3, -0.25) is 4.99 Å². The van der Waals surface area contributed by atoms with E-state index in [1.807, 2.05) is 5.55 Å². The standard InChI is InChI=1S/C6H14N2S/c1-6(2)8(4)9-5-7-3/h5-6H,1-4H3/b7-5-. The van der Waals surface area contributed by atoms with Gasteiger partial charge in [-0.1, -0.05) is 0 Å². The van der Waals surface area contributed by atoms with Crippen LogP contribution >= 0.6 is 11.9 Å². The zero-order valence-electron chi connectivity index (χ0n) is 6.46. The van der Waals surface area contributed by atoms with Crippen LogP contribution in [-0.2, 0) is 0 Å². The average Bonchev–Trinajstić information content (AvgIpc) is 1.82. The zero-order chi connectivity index (χ0) is 7.28. The maximum atomic E-state index is 3.85. The highest BCUT2D eigenvalue weighted by atomic mass is 32.2. The molecule has 0 aromatic carbocycles. The van der Waals surface area contributed by atoms with E-state index < -0.39 is 0 Å². The normalized spacial score (nSPS) is 12.2. The minimum absolute atomic E-state index is 0.577. The molecule has 0 aromatic heterocycles. The molecule has 0 aromatic rings. The van der Waals surface area contributed by atoms with Crippen LogP contribution in [0.25, 0.3) is 0 Å². The fourth-order valence-electron chi connectivity index (χ4n) is 0.243. The Balaban J connectivity index is 3.38. The number of rotatable bonds is 3. The third-order valence-electron chi connectivity index (χ3n) is 1.05. The fraction of sp³-hybridized carbons (Fsp3) is 0.833. The van der Waals surface area contributed by atoms with Crippen LogP contribution in [-0.4, -0.2) is 30.0 Å². The average molecular weight is 146 g/mol. The van der Waals surface area contributed by atoms with Crippen LogP contribution in [0.3, 0.4) is 0 Å². The lowest BCUT2D eigenvalue weighted by atomic mass is 10.4. The zero-order valence-corrected chi connectivity index (χ0v) is 7.27. The lowest BCUT2D eigenvalue weighted by Crippen LogP contribution is -2.18. The molecule has 0 radical (unpaired) electrons. The summed E-state index contributed by atoms with van der Waals surface area (Å²) in [6, 6.07) is 0.577. The first-order valence-electron chi connectivity index (χ1n) is 2.98. The van der Waals surface area contributed by atoms with Crippen molar-refractivity contribution in [3.05, 3.63) is 0 Å². The van der Waals surface area contributed by atoms with Gasteiger partial charge in [-0.15, -0.1) is 0 Å². The van der Waals surface area contributed by atoms with Gasteiger partial charge in [0, 0.05) is 13.1 Å². The Bertz CT molecular complexity index is 91.1. The molecule has 0 unspecified atom stereocenters. The molecular weight excluding hydrogens is 132 g/mol. The summed E-state index contributed by atoms with van der Waals surface area (Å²) in [5.41, 5.74) is 1.83. The third-order valence-corrected chi connectivity index (χ3v) is 2.11. The molecule has 0 amide bonds. The van der Waals surface area contributed by atoms with E-state index >= 15 is 0 Å². The Morgan fingerprint density at radius 3 is 2.44 bits per heavy atom. The van der Waals surface area contributed by atoms with Crippen molar-refractivity contribution in [2.45, 2.75) is 19.9 Å². The molecule has 0 aliphatic rings. The summed E-state index contributed by atoms with van der Waals surface area (Å²) < 4.78 is 2.15. The van der Waals surface area contributed by atoms with E-state index in [4.69, 9.17) is 0 Å². The molecule has 0 heterocycles. The van der Waals surface area contributed by atoms with E-state index in [0.717, 1.165) is 0 Å². The van der Waals surface area contributed by atoms with Crippen molar-refractivity contribution in [1.29, 1.82) is 0 Å². The molecule has 0 fully saturated rings. The SMILES string of the molecule is C/N=C\SN(C)C(C)C. The summed E-state index contributed by atoms with van der Waals surface area (Å²) in [7, 11) is 3.83. The van der Waals surface area contributed by atoms with Crippen LogP contribution in [0.4, 0.5) is 0 Å². The van der Waals surface area contributed by atoms with Gasteiger partial charge in [0.1, 0.15) is 0 Å². The monoisotopic (exact) mass is 146 g/mol. The smallest absolute Gasteiger partial charge is 0.0692 e. The van der Waals surface area contributed by atoms with Crippen LogP contribution in [0.5, 0.6) is 0 Å². The lowest BCUT2D eigenvalue weighted by molar-refractivity contribution is 0.472. The second-order valence-corrected chi connectivity index (χ2v) is 3.11. The van der Waals surface area contributed by atoms with E-state index in [-0.39, 0.29) is 0 Å². The van der Waals surface area contributed by atoms with Gasteiger partial charge in [0.15, 0.2) is 0 Å². The molecule has 0 rings (SSSR count). The molecule has 3 heteroatoms. The van der Waals surface area contributed by atoms with Gasteiger partial charge in [-0.05, 0) is 32.8 Å². The van der Waals surface area contributed by atoms with Crippen molar-refractivity contribution < 1.29 is 0 Å². The van der Waals surface area contributed by atoms with Crippen LogP contribution in [0.15, 0.2) is 4.99 Å². The molecule has 0 bridgehead atoms. The summed E-state index contributed by atoms with van der Waals surface area (Å²) in [5, 5.41) is 0. The van der Waals surface area contributed by atoms with Gasteiger partial charge in [-0.25, -0.2) is 4.31 Å². The lowest BCUT2D eigenvalue weighted by Gasteiger charge is -2.16. The summed E-state index contributed by atoms with van der Waals surface area (Å²) in [5.74, 6) is 0. The third kappa shape index (κ3) is 4.48. The Hall–Kier alpha value is -0.0200. The fourth-order valence-corrected chi connectivity index (χ4v) is 0.730. The Labute approximate surface area is 61.5 Å². The Kier molecular flexibility index (Phi) is 4.81. The predicted octanol–water partition coefficient (Wildman–Crippen LogP) is 1.63. The van der Waals surface area contributed by atoms with Crippen molar-refractivity contribution in [3.8, 4) is 0 Å². The Morgan fingerprint density at radius 1 is 1.56 bits per heavy atom. The molecule has 0 aliphatic carbocycles. The van der Waals surface area contributed by atoms with E-state index in [2.05, 4.69) is 30.2 Å². The van der Waals surface area contributed by atoms with E-state index in [1.165, 1.54) is 0 Å². The van der Waals surface area contributed by atoms with Gasteiger partial charge in [0.05, 0.1) is 5.55 Å². The van der Waals surface area contributed by atoms with E-state index in [0.29, 0.717) is 6.04 Å². The molecule has 0 saturated heterocycles. The highest BCUT2D eigenvalue weighted by Crippen LogP contribution is 2.06. The molecule has 0 aliphatic heterocycles. The second kappa shape index (κ2) is 4.82. The first-order valence-corrected chi connectivity index (χ1v) is 3.82. The van der Waals surface area contributed by atoms with Crippen LogP contribution < -0.4 is 0 Å². The van der Waals surface area contributed by atoms with Crippen molar-refractivity contribution >= 4 is 17.5 Å². The maximum absolute atomic E-state index is 3.85. The topological polar surface area (TPSA) is 15.6 Å². The quantitative estimate of drug-likeness (QED) is 0.342. The highest BCUT2D eigenvalue weighted by molar-refractivity contribution is 8.10. The molecular formula is C6H14N2S. The van der Waals surface area contributed by atoms with E-state index in [1.54, 1.807) is 19.0 Å². The van der Waals surface area contributed by atoms with Gasteiger partial charge in [-0.2, -0.15) is 0 Å². The van der Waals surface area contributed by atoms with Gasteiger partial charge in [0.2, 0.25) is 0 Å². The molecule has 54 valence electrons. The van der Waals surface area contributed by atoms with Crippen LogP contribution in [0.1, 0.15) is 13.8 Å². The van der Waals surface area contributed by atoms with Crippen molar-refractivity contribution in [2.24, 2.45) is 4.99 Å². The summed E-state index contributed by atoms with van der Waals surface area (Å²) in [4.78, 5) is 3.85. The number of nitrogens with zero attached hydrogens (tertiary/aromatic N) is 2. The summed E-state index contributed by atoms with van der Waals surface area (Å²) >= 11 is 1.63. The van der Waals surface area contributed by atoms with Crippen LogP contribution in [0.2, 0.25) is 0 Å². The molecule has 0 saturated carbocycles. The molecule has 0 N–H and O–H groups in total. The number of aliphatic imine (C=N–C) groups is 1.